The van der Waals surface area contributed by atoms with Gasteiger partial charge >= 0.3 is 0 Å². The first kappa shape index (κ1) is 14.8. The average Bonchev–Trinajstić information content (AvgIpc) is 3.12. The fourth-order valence-electron chi connectivity index (χ4n) is 2.48. The number of nitrogens with one attached hydrogen (secondary N) is 1. The van der Waals surface area contributed by atoms with E-state index in [1.807, 2.05) is 13.8 Å². The Kier molecular flexibility index (Phi) is 3.74. The van der Waals surface area contributed by atoms with Crippen molar-refractivity contribution in [1.29, 1.82) is 0 Å². The predicted octanol–water partition coefficient (Wildman–Crippen LogP) is 2.13. The van der Waals surface area contributed by atoms with E-state index < -0.39 is 5.54 Å². The van der Waals surface area contributed by atoms with Crippen molar-refractivity contribution in [2.45, 2.75) is 44.7 Å². The second kappa shape index (κ2) is 5.57. The molecule has 1 saturated carbocycles. The van der Waals surface area contributed by atoms with Gasteiger partial charge in [-0.1, -0.05) is 19.0 Å². The Bertz CT molecular complexity index is 644. The molecule has 1 unspecified atom stereocenters. The van der Waals surface area contributed by atoms with Gasteiger partial charge in [-0.05, 0) is 37.3 Å². The molecule has 0 aliphatic heterocycles. The van der Waals surface area contributed by atoms with Crippen LogP contribution in [0.1, 0.15) is 61.4 Å². The molecule has 118 valence electrons. The molecule has 2 heterocycles. The minimum atomic E-state index is -0.478. The van der Waals surface area contributed by atoms with Crippen molar-refractivity contribution in [3.8, 4) is 0 Å². The first-order valence-electron chi connectivity index (χ1n) is 7.47. The number of hydrogen-bond acceptors (Lipinski definition) is 6. The Morgan fingerprint density at radius 3 is 2.77 bits per heavy atom. The van der Waals surface area contributed by atoms with E-state index in [1.54, 1.807) is 12.1 Å². The Hall–Kier alpha value is -2.15. The lowest BCUT2D eigenvalue weighted by molar-refractivity contribution is 0.0885. The monoisotopic (exact) mass is 304 g/mol. The topological polar surface area (TPSA) is 107 Å². The molecule has 7 nitrogen and oxygen atoms in total. The van der Waals surface area contributed by atoms with E-state index >= 15 is 0 Å². The van der Waals surface area contributed by atoms with Crippen LogP contribution >= 0.6 is 0 Å². The number of carbonyl (C=O) groups excluding carboxylic acids is 1. The molecule has 22 heavy (non-hydrogen) atoms. The van der Waals surface area contributed by atoms with E-state index in [9.17, 15) is 4.79 Å². The van der Waals surface area contributed by atoms with Crippen LogP contribution in [0, 0.1) is 5.92 Å². The summed E-state index contributed by atoms with van der Waals surface area (Å²) in [5, 5.41) is 6.86. The zero-order valence-electron chi connectivity index (χ0n) is 12.7. The number of hydrogen-bond donors (Lipinski definition) is 2. The highest BCUT2D eigenvalue weighted by Crippen LogP contribution is 2.37. The van der Waals surface area contributed by atoms with Crippen LogP contribution in [-0.4, -0.2) is 16.0 Å². The van der Waals surface area contributed by atoms with Crippen LogP contribution in [0.2, 0.25) is 0 Å². The predicted molar refractivity (Wildman–Crippen MR) is 77.8 cm³/mol. The lowest BCUT2D eigenvalue weighted by Crippen LogP contribution is -2.44. The highest BCUT2D eigenvalue weighted by molar-refractivity contribution is 5.91. The molecule has 3 N–H and O–H groups in total. The minimum absolute atomic E-state index is 0.0855. The highest BCUT2D eigenvalue weighted by atomic mass is 16.5. The van der Waals surface area contributed by atoms with Gasteiger partial charge < -0.3 is 20.0 Å². The normalized spacial score (nSPS) is 18.0. The number of carbonyl (C=O) groups is 1. The number of nitrogens with zero attached hydrogens (tertiary/aromatic N) is 2. The molecule has 0 aromatic carbocycles. The first-order chi connectivity index (χ1) is 10.5. The highest BCUT2D eigenvalue weighted by Gasteiger charge is 2.40. The molecule has 1 aliphatic rings. The van der Waals surface area contributed by atoms with Crippen molar-refractivity contribution >= 4 is 5.91 Å². The second-order valence-corrected chi connectivity index (χ2v) is 6.14. The fourth-order valence-corrected chi connectivity index (χ4v) is 2.48. The Morgan fingerprint density at radius 1 is 1.45 bits per heavy atom. The van der Waals surface area contributed by atoms with Gasteiger partial charge in [0.05, 0.1) is 11.8 Å². The largest absolute Gasteiger partial charge is 0.459 e. The summed E-state index contributed by atoms with van der Waals surface area (Å²) in [7, 11) is 0. The van der Waals surface area contributed by atoms with Crippen molar-refractivity contribution in [3.63, 3.8) is 0 Å². The molecule has 1 aliphatic carbocycles. The summed E-state index contributed by atoms with van der Waals surface area (Å²) in [6.45, 7) is 3.94. The van der Waals surface area contributed by atoms with E-state index in [1.165, 1.54) is 6.26 Å². The van der Waals surface area contributed by atoms with E-state index in [2.05, 4.69) is 15.5 Å². The maximum absolute atomic E-state index is 12.1. The number of rotatable bonds is 5. The van der Waals surface area contributed by atoms with Gasteiger partial charge in [0.2, 0.25) is 5.89 Å². The third-order valence-corrected chi connectivity index (χ3v) is 4.10. The Labute approximate surface area is 128 Å². The molecule has 0 spiro atoms. The van der Waals surface area contributed by atoms with Gasteiger partial charge in [-0.3, -0.25) is 4.79 Å². The SMILES string of the molecule is CC(C)C(NC(=O)c1ccco1)c1nc(C2(N)CCC2)no1. The average molecular weight is 304 g/mol. The summed E-state index contributed by atoms with van der Waals surface area (Å²) in [4.78, 5) is 16.6. The maximum atomic E-state index is 12.1. The molecule has 1 amide bonds. The van der Waals surface area contributed by atoms with E-state index in [0.29, 0.717) is 11.7 Å². The number of amides is 1. The van der Waals surface area contributed by atoms with Crippen molar-refractivity contribution in [1.82, 2.24) is 15.5 Å². The van der Waals surface area contributed by atoms with Gasteiger partial charge in [0.15, 0.2) is 11.6 Å². The summed E-state index contributed by atoms with van der Waals surface area (Å²) in [6.07, 6.45) is 4.25. The van der Waals surface area contributed by atoms with Crippen LogP contribution in [0.25, 0.3) is 0 Å². The van der Waals surface area contributed by atoms with Gasteiger partial charge in [-0.25, -0.2) is 0 Å². The van der Waals surface area contributed by atoms with E-state index in [-0.39, 0.29) is 23.6 Å². The lowest BCUT2D eigenvalue weighted by atomic mass is 9.77. The molecule has 1 fully saturated rings. The van der Waals surface area contributed by atoms with Gasteiger partial charge in [0.25, 0.3) is 5.91 Å². The van der Waals surface area contributed by atoms with Crippen molar-refractivity contribution in [3.05, 3.63) is 35.9 Å². The number of furan rings is 1. The third-order valence-electron chi connectivity index (χ3n) is 4.10. The smallest absolute Gasteiger partial charge is 0.287 e. The number of aromatic nitrogens is 2. The Morgan fingerprint density at radius 2 is 2.23 bits per heavy atom. The van der Waals surface area contributed by atoms with E-state index in [4.69, 9.17) is 14.7 Å². The maximum Gasteiger partial charge on any atom is 0.287 e. The zero-order valence-corrected chi connectivity index (χ0v) is 12.7. The summed E-state index contributed by atoms with van der Waals surface area (Å²) < 4.78 is 10.4. The molecule has 3 rings (SSSR count). The molecule has 0 saturated heterocycles. The minimum Gasteiger partial charge on any atom is -0.459 e. The van der Waals surface area contributed by atoms with Gasteiger partial charge in [-0.15, -0.1) is 0 Å². The molecule has 0 bridgehead atoms. The van der Waals surface area contributed by atoms with Gasteiger partial charge in [0, 0.05) is 0 Å². The van der Waals surface area contributed by atoms with Crippen LogP contribution in [0.15, 0.2) is 27.3 Å². The fraction of sp³-hybridized carbons (Fsp3) is 0.533. The summed E-state index contributed by atoms with van der Waals surface area (Å²) >= 11 is 0. The Balaban J connectivity index is 1.78. The van der Waals surface area contributed by atoms with Crippen LogP contribution in [-0.2, 0) is 5.54 Å². The van der Waals surface area contributed by atoms with Gasteiger partial charge in [-0.2, -0.15) is 4.98 Å². The van der Waals surface area contributed by atoms with Crippen molar-refractivity contribution < 1.29 is 13.7 Å². The summed E-state index contributed by atoms with van der Waals surface area (Å²) in [5.74, 6) is 0.921. The zero-order chi connectivity index (χ0) is 15.7. The third kappa shape index (κ3) is 2.64. The van der Waals surface area contributed by atoms with Crippen molar-refractivity contribution in [2.75, 3.05) is 0 Å². The summed E-state index contributed by atoms with van der Waals surface area (Å²) in [5.41, 5.74) is 5.73. The van der Waals surface area contributed by atoms with Crippen molar-refractivity contribution in [2.24, 2.45) is 11.7 Å². The molecule has 2 aromatic rings. The lowest BCUT2D eigenvalue weighted by Gasteiger charge is -2.34. The van der Waals surface area contributed by atoms with Crippen LogP contribution in [0.5, 0.6) is 0 Å². The van der Waals surface area contributed by atoms with Crippen LogP contribution in [0.4, 0.5) is 0 Å². The molecule has 1 atom stereocenters. The van der Waals surface area contributed by atoms with Crippen LogP contribution < -0.4 is 11.1 Å². The van der Waals surface area contributed by atoms with Gasteiger partial charge in [0.1, 0.15) is 6.04 Å². The molecule has 0 radical (unpaired) electrons. The van der Waals surface area contributed by atoms with E-state index in [0.717, 1.165) is 19.3 Å². The summed E-state index contributed by atoms with van der Waals surface area (Å²) in [6, 6.07) is 2.89. The second-order valence-electron chi connectivity index (χ2n) is 6.14. The number of nitrogens with two attached hydrogens (primary N) is 1. The molecule has 7 heteroatoms. The molecular formula is C15H20N4O3. The standard InChI is InChI=1S/C15H20N4O3/c1-9(2)11(17-12(20)10-5-3-8-21-10)13-18-14(19-22-13)15(16)6-4-7-15/h3,5,8-9,11H,4,6-7,16H2,1-2H3,(H,17,20). The molecular weight excluding hydrogens is 284 g/mol. The quantitative estimate of drug-likeness (QED) is 0.876. The molecule has 2 aromatic heterocycles. The van der Waals surface area contributed by atoms with Crippen LogP contribution in [0.3, 0.4) is 0 Å². The first-order valence-corrected chi connectivity index (χ1v) is 7.47.